The van der Waals surface area contributed by atoms with E-state index in [9.17, 15) is 4.79 Å². The molecule has 1 aromatic rings. The van der Waals surface area contributed by atoms with Crippen LogP contribution in [0.15, 0.2) is 10.5 Å². The predicted octanol–water partition coefficient (Wildman–Crippen LogP) is 3.28. The highest BCUT2D eigenvalue weighted by molar-refractivity contribution is 5.95. The molecule has 1 unspecified atom stereocenters. The summed E-state index contributed by atoms with van der Waals surface area (Å²) in [5.41, 5.74) is 0.684. The molecule has 1 aliphatic carbocycles. The molecule has 122 valence electrons. The molecule has 0 aromatic carbocycles. The number of hydrogen-bond donors (Lipinski definition) is 1. The van der Waals surface area contributed by atoms with Gasteiger partial charge in [-0.15, -0.1) is 0 Å². The number of aryl methyl sites for hydroxylation is 2. The summed E-state index contributed by atoms with van der Waals surface area (Å²) >= 11 is 0. The molecule has 4 heteroatoms. The Labute approximate surface area is 133 Å². The molecule has 2 heterocycles. The van der Waals surface area contributed by atoms with Gasteiger partial charge in [-0.2, -0.15) is 0 Å². The third-order valence-electron chi connectivity index (χ3n) is 5.13. The van der Waals surface area contributed by atoms with Crippen LogP contribution in [0.1, 0.15) is 60.4 Å². The molecule has 0 radical (unpaired) electrons. The number of rotatable bonds is 4. The number of nitrogens with zero attached hydrogens (tertiary/aromatic N) is 1. The minimum Gasteiger partial charge on any atom is -0.466 e. The van der Waals surface area contributed by atoms with Crippen LogP contribution >= 0.6 is 0 Å². The smallest absolute Gasteiger partial charge is 0.255 e. The number of hydrogen-bond acceptors (Lipinski definition) is 3. The normalized spacial score (nSPS) is 23.8. The summed E-state index contributed by atoms with van der Waals surface area (Å²) < 4.78 is 5.45. The van der Waals surface area contributed by atoms with E-state index in [2.05, 4.69) is 10.2 Å². The van der Waals surface area contributed by atoms with Crippen LogP contribution in [-0.4, -0.2) is 36.5 Å². The lowest BCUT2D eigenvalue weighted by Gasteiger charge is -2.26. The van der Waals surface area contributed by atoms with Gasteiger partial charge in [0.25, 0.3) is 5.91 Å². The second-order valence-electron chi connectivity index (χ2n) is 7.05. The van der Waals surface area contributed by atoms with Crippen molar-refractivity contribution in [3.8, 4) is 0 Å². The standard InChI is InChI=1S/C18H28N2O2/c1-13-10-17(14(2)22-13)18(21)19-16-8-9-20(12-16)11-15-6-4-3-5-7-15/h10,15-16H,3-9,11-12H2,1-2H3,(H,19,21). The van der Waals surface area contributed by atoms with Crippen molar-refractivity contribution in [2.45, 2.75) is 58.4 Å². The highest BCUT2D eigenvalue weighted by Gasteiger charge is 2.27. The van der Waals surface area contributed by atoms with Crippen molar-refractivity contribution < 1.29 is 9.21 Å². The van der Waals surface area contributed by atoms with Crippen molar-refractivity contribution in [1.82, 2.24) is 10.2 Å². The summed E-state index contributed by atoms with van der Waals surface area (Å²) in [6.07, 6.45) is 8.06. The minimum atomic E-state index is 0.0128. The van der Waals surface area contributed by atoms with E-state index in [-0.39, 0.29) is 11.9 Å². The van der Waals surface area contributed by atoms with Gasteiger partial charge in [-0.3, -0.25) is 4.79 Å². The fraction of sp³-hybridized carbons (Fsp3) is 0.722. The van der Waals surface area contributed by atoms with Crippen LogP contribution in [0.4, 0.5) is 0 Å². The van der Waals surface area contributed by atoms with E-state index in [1.54, 1.807) is 0 Å². The lowest BCUT2D eigenvalue weighted by atomic mass is 9.89. The van der Waals surface area contributed by atoms with Gasteiger partial charge in [0.05, 0.1) is 5.56 Å². The molecule has 0 spiro atoms. The predicted molar refractivity (Wildman–Crippen MR) is 87.1 cm³/mol. The van der Waals surface area contributed by atoms with Gasteiger partial charge in [-0.25, -0.2) is 0 Å². The molecule has 0 bridgehead atoms. The Hall–Kier alpha value is -1.29. The van der Waals surface area contributed by atoms with E-state index < -0.39 is 0 Å². The van der Waals surface area contributed by atoms with Crippen LogP contribution in [0.2, 0.25) is 0 Å². The first kappa shape index (κ1) is 15.6. The van der Waals surface area contributed by atoms with E-state index in [4.69, 9.17) is 4.42 Å². The zero-order valence-corrected chi connectivity index (χ0v) is 13.9. The van der Waals surface area contributed by atoms with Crippen molar-refractivity contribution in [3.05, 3.63) is 23.2 Å². The first-order valence-electron chi connectivity index (χ1n) is 8.72. The molecule has 2 aliphatic rings. The van der Waals surface area contributed by atoms with Crippen LogP contribution in [0.5, 0.6) is 0 Å². The summed E-state index contributed by atoms with van der Waals surface area (Å²) in [5.74, 6) is 2.40. The van der Waals surface area contributed by atoms with Gasteiger partial charge in [-0.1, -0.05) is 19.3 Å². The number of amides is 1. The maximum Gasteiger partial charge on any atom is 0.255 e. The molecule has 22 heavy (non-hydrogen) atoms. The van der Waals surface area contributed by atoms with Gasteiger partial charge in [0.1, 0.15) is 11.5 Å². The number of carbonyl (C=O) groups excluding carboxylic acids is 1. The third kappa shape index (κ3) is 3.72. The summed E-state index contributed by atoms with van der Waals surface area (Å²) in [7, 11) is 0. The lowest BCUT2D eigenvalue weighted by molar-refractivity contribution is 0.0935. The molecule has 3 rings (SSSR count). The molecular formula is C18H28N2O2. The Morgan fingerprint density at radius 3 is 2.73 bits per heavy atom. The molecular weight excluding hydrogens is 276 g/mol. The van der Waals surface area contributed by atoms with Gasteiger partial charge in [-0.05, 0) is 45.1 Å². The van der Waals surface area contributed by atoms with Crippen molar-refractivity contribution in [2.75, 3.05) is 19.6 Å². The fourth-order valence-electron chi connectivity index (χ4n) is 3.97. The first-order chi connectivity index (χ1) is 10.6. The Morgan fingerprint density at radius 2 is 2.05 bits per heavy atom. The molecule has 2 fully saturated rings. The van der Waals surface area contributed by atoms with Gasteiger partial charge < -0.3 is 14.6 Å². The molecule has 1 amide bonds. The maximum atomic E-state index is 12.3. The van der Waals surface area contributed by atoms with Crippen LogP contribution in [0, 0.1) is 19.8 Å². The molecule has 1 aromatic heterocycles. The van der Waals surface area contributed by atoms with Crippen molar-refractivity contribution in [3.63, 3.8) is 0 Å². The molecule has 1 saturated heterocycles. The second kappa shape index (κ2) is 6.86. The largest absolute Gasteiger partial charge is 0.466 e. The fourth-order valence-corrected chi connectivity index (χ4v) is 3.97. The topological polar surface area (TPSA) is 45.5 Å². The number of carbonyl (C=O) groups is 1. The first-order valence-corrected chi connectivity index (χ1v) is 8.72. The second-order valence-corrected chi connectivity index (χ2v) is 7.05. The maximum absolute atomic E-state index is 12.3. The number of likely N-dealkylation sites (tertiary alicyclic amines) is 1. The highest BCUT2D eigenvalue weighted by Crippen LogP contribution is 2.25. The van der Waals surface area contributed by atoms with E-state index in [0.717, 1.165) is 31.2 Å². The van der Waals surface area contributed by atoms with Crippen LogP contribution in [0.25, 0.3) is 0 Å². The van der Waals surface area contributed by atoms with E-state index in [0.29, 0.717) is 11.3 Å². The third-order valence-corrected chi connectivity index (χ3v) is 5.13. The zero-order chi connectivity index (χ0) is 15.5. The van der Waals surface area contributed by atoms with Gasteiger partial charge in [0.15, 0.2) is 0 Å². The molecule has 1 saturated carbocycles. The van der Waals surface area contributed by atoms with Crippen molar-refractivity contribution in [1.29, 1.82) is 0 Å². The average molecular weight is 304 g/mol. The Bertz CT molecular complexity index is 517. The average Bonchev–Trinajstić information content (AvgIpc) is 3.06. The Morgan fingerprint density at radius 1 is 1.27 bits per heavy atom. The SMILES string of the molecule is Cc1cc(C(=O)NC2CCN(CC3CCCCC3)C2)c(C)o1. The molecule has 1 aliphatic heterocycles. The summed E-state index contributed by atoms with van der Waals surface area (Å²) in [6.45, 7) is 7.07. The summed E-state index contributed by atoms with van der Waals surface area (Å²) in [4.78, 5) is 14.9. The van der Waals surface area contributed by atoms with E-state index in [1.807, 2.05) is 19.9 Å². The number of furan rings is 1. The van der Waals surface area contributed by atoms with E-state index in [1.165, 1.54) is 38.6 Å². The monoisotopic (exact) mass is 304 g/mol. The minimum absolute atomic E-state index is 0.0128. The molecule has 4 nitrogen and oxygen atoms in total. The zero-order valence-electron chi connectivity index (χ0n) is 13.9. The molecule has 1 N–H and O–H groups in total. The van der Waals surface area contributed by atoms with Gasteiger partial charge in [0, 0.05) is 25.7 Å². The van der Waals surface area contributed by atoms with Crippen LogP contribution in [-0.2, 0) is 0 Å². The lowest BCUT2D eigenvalue weighted by Crippen LogP contribution is -2.38. The molecule has 1 atom stereocenters. The Balaban J connectivity index is 1.48. The van der Waals surface area contributed by atoms with Crippen LogP contribution < -0.4 is 5.32 Å². The quantitative estimate of drug-likeness (QED) is 0.928. The van der Waals surface area contributed by atoms with Crippen LogP contribution in [0.3, 0.4) is 0 Å². The van der Waals surface area contributed by atoms with Crippen molar-refractivity contribution in [2.24, 2.45) is 5.92 Å². The summed E-state index contributed by atoms with van der Waals surface area (Å²) in [6, 6.07) is 2.12. The van der Waals surface area contributed by atoms with Gasteiger partial charge >= 0.3 is 0 Å². The number of nitrogens with one attached hydrogen (secondary N) is 1. The van der Waals surface area contributed by atoms with Gasteiger partial charge in [0.2, 0.25) is 0 Å². The Kier molecular flexibility index (Phi) is 4.87. The van der Waals surface area contributed by atoms with Crippen molar-refractivity contribution >= 4 is 5.91 Å². The highest BCUT2D eigenvalue weighted by atomic mass is 16.3. The van der Waals surface area contributed by atoms with E-state index >= 15 is 0 Å². The summed E-state index contributed by atoms with van der Waals surface area (Å²) in [5, 5.41) is 3.18.